The SMILES string of the molecule is [B]C([B])(O)N1C(=O)CC2(CCN(C3CC4(CCN(C(=O)OCC)C4)C3)CC2)N1CC. The second-order valence-corrected chi connectivity index (χ2v) is 9.57. The quantitative estimate of drug-likeness (QED) is 0.665. The van der Waals surface area contributed by atoms with Gasteiger partial charge in [-0.25, -0.2) is 9.80 Å². The van der Waals surface area contributed by atoms with Crippen molar-refractivity contribution >= 4 is 27.7 Å². The first kappa shape index (κ1) is 22.0. The van der Waals surface area contributed by atoms with Gasteiger partial charge in [-0.3, -0.25) is 9.80 Å². The molecule has 0 unspecified atom stereocenters. The van der Waals surface area contributed by atoms with Gasteiger partial charge >= 0.3 is 6.09 Å². The minimum atomic E-state index is -2.17. The van der Waals surface area contributed by atoms with Crippen LogP contribution in [0, 0.1) is 5.41 Å². The lowest BCUT2D eigenvalue weighted by Crippen LogP contribution is -2.63. The number of rotatable bonds is 4. The minimum Gasteiger partial charge on any atom is -0.450 e. The summed E-state index contributed by atoms with van der Waals surface area (Å²) in [6.45, 7) is 8.19. The Morgan fingerprint density at radius 2 is 1.87 bits per heavy atom. The average molecular weight is 414 g/mol. The maximum atomic E-state index is 12.6. The van der Waals surface area contributed by atoms with Gasteiger partial charge in [-0.1, -0.05) is 6.92 Å². The molecular weight excluding hydrogens is 382 g/mol. The van der Waals surface area contributed by atoms with Crippen molar-refractivity contribution in [3.63, 3.8) is 0 Å². The van der Waals surface area contributed by atoms with E-state index in [4.69, 9.17) is 20.4 Å². The summed E-state index contributed by atoms with van der Waals surface area (Å²) in [7, 11) is 11.3. The number of hydrazine groups is 1. The fraction of sp³-hybridized carbons (Fsp3) is 0.900. The maximum Gasteiger partial charge on any atom is 0.409 e. The van der Waals surface area contributed by atoms with E-state index in [1.165, 1.54) is 0 Å². The first-order valence-electron chi connectivity index (χ1n) is 11.2. The molecule has 162 valence electrons. The third-order valence-corrected chi connectivity index (χ3v) is 7.69. The van der Waals surface area contributed by atoms with Crippen molar-refractivity contribution in [2.45, 2.75) is 69.5 Å². The predicted molar refractivity (Wildman–Crippen MR) is 113 cm³/mol. The summed E-state index contributed by atoms with van der Waals surface area (Å²) >= 11 is 0. The summed E-state index contributed by atoms with van der Waals surface area (Å²) in [6.07, 6.45) is 5.13. The third-order valence-electron chi connectivity index (χ3n) is 7.69. The Morgan fingerprint density at radius 1 is 1.20 bits per heavy atom. The Morgan fingerprint density at radius 3 is 2.43 bits per heavy atom. The molecule has 2 amide bonds. The number of likely N-dealkylation sites (tertiary alicyclic amines) is 2. The number of ether oxygens (including phenoxy) is 1. The Bertz CT molecular complexity index is 687. The van der Waals surface area contributed by atoms with E-state index in [1.54, 1.807) is 0 Å². The second-order valence-electron chi connectivity index (χ2n) is 9.57. The van der Waals surface area contributed by atoms with E-state index in [-0.39, 0.29) is 23.0 Å². The van der Waals surface area contributed by atoms with Crippen LogP contribution < -0.4 is 0 Å². The van der Waals surface area contributed by atoms with Gasteiger partial charge in [0.1, 0.15) is 15.7 Å². The first-order valence-corrected chi connectivity index (χ1v) is 11.2. The lowest BCUT2D eigenvalue weighted by atomic mass is 9.64. The van der Waals surface area contributed by atoms with Crippen molar-refractivity contribution in [2.75, 3.05) is 39.3 Å². The highest BCUT2D eigenvalue weighted by molar-refractivity contribution is 6.39. The fourth-order valence-corrected chi connectivity index (χ4v) is 6.24. The Hall–Kier alpha value is -1.25. The molecule has 3 aliphatic heterocycles. The zero-order valence-electron chi connectivity index (χ0n) is 18.2. The highest BCUT2D eigenvalue weighted by atomic mass is 16.6. The third kappa shape index (κ3) is 3.65. The van der Waals surface area contributed by atoms with Crippen molar-refractivity contribution < 1.29 is 19.4 Å². The van der Waals surface area contributed by atoms with E-state index in [0.29, 0.717) is 25.6 Å². The molecule has 4 rings (SSSR count). The number of hydrogen-bond acceptors (Lipinski definition) is 6. The second kappa shape index (κ2) is 7.71. The van der Waals surface area contributed by atoms with Crippen LogP contribution in [0.5, 0.6) is 0 Å². The molecule has 8 nitrogen and oxygen atoms in total. The molecular formula is C20H32B2N4O4. The minimum absolute atomic E-state index is 0.187. The summed E-state index contributed by atoms with van der Waals surface area (Å²) < 4.78 is 5.15. The van der Waals surface area contributed by atoms with Gasteiger partial charge in [0.2, 0.25) is 5.91 Å². The van der Waals surface area contributed by atoms with Crippen LogP contribution in [-0.2, 0) is 9.53 Å². The fourth-order valence-electron chi connectivity index (χ4n) is 6.24. The summed E-state index contributed by atoms with van der Waals surface area (Å²) in [4.78, 5) is 28.9. The van der Waals surface area contributed by atoms with E-state index in [1.807, 2.05) is 23.8 Å². The number of nitrogens with zero attached hydrogens (tertiary/aromatic N) is 4. The molecule has 30 heavy (non-hydrogen) atoms. The van der Waals surface area contributed by atoms with E-state index in [0.717, 1.165) is 63.3 Å². The van der Waals surface area contributed by atoms with Crippen LogP contribution in [-0.4, -0.2) is 109 Å². The first-order chi connectivity index (χ1) is 14.1. The summed E-state index contributed by atoms with van der Waals surface area (Å²) in [5.74, 6) is -0.217. The monoisotopic (exact) mass is 414 g/mol. The molecule has 1 saturated carbocycles. The van der Waals surface area contributed by atoms with Crippen LogP contribution in [0.15, 0.2) is 0 Å². The van der Waals surface area contributed by atoms with E-state index < -0.39 is 5.52 Å². The maximum absolute atomic E-state index is 12.6. The van der Waals surface area contributed by atoms with Crippen LogP contribution in [0.4, 0.5) is 4.79 Å². The van der Waals surface area contributed by atoms with Gasteiger partial charge < -0.3 is 19.6 Å². The number of hydrogen-bond donors (Lipinski definition) is 1. The molecule has 4 radical (unpaired) electrons. The molecule has 0 aromatic rings. The Kier molecular flexibility index (Phi) is 5.64. The van der Waals surface area contributed by atoms with Crippen LogP contribution >= 0.6 is 0 Å². The standard InChI is InChI=1S/C20H32B2N4O4/c1-3-25-19(13-16(27)26(25)20(21,22)29)6-9-23(10-7-19)15-11-18(12-15)5-8-24(14-18)17(28)30-4-2/h15,29H,3-14H2,1-2H3. The molecule has 4 fully saturated rings. The molecule has 10 heteroatoms. The van der Waals surface area contributed by atoms with Crippen LogP contribution in [0.25, 0.3) is 0 Å². The zero-order valence-corrected chi connectivity index (χ0v) is 18.2. The van der Waals surface area contributed by atoms with Gasteiger partial charge in [0.15, 0.2) is 0 Å². The topological polar surface area (TPSA) is 76.6 Å². The molecule has 0 aromatic carbocycles. The normalized spacial score (nSPS) is 32.2. The molecule has 0 atom stereocenters. The van der Waals surface area contributed by atoms with Crippen LogP contribution in [0.3, 0.4) is 0 Å². The Balaban J connectivity index is 1.32. The van der Waals surface area contributed by atoms with Gasteiger partial charge in [-0.2, -0.15) is 0 Å². The highest BCUT2D eigenvalue weighted by Gasteiger charge is 2.56. The number of carbonyl (C=O) groups excluding carboxylic acids is 2. The van der Waals surface area contributed by atoms with Gasteiger partial charge in [0.05, 0.1) is 17.7 Å². The van der Waals surface area contributed by atoms with Crippen molar-refractivity contribution in [1.82, 2.24) is 19.8 Å². The smallest absolute Gasteiger partial charge is 0.409 e. The summed E-state index contributed by atoms with van der Waals surface area (Å²) in [6, 6.07) is 0.536. The van der Waals surface area contributed by atoms with Crippen LogP contribution in [0.1, 0.15) is 52.4 Å². The molecule has 3 heterocycles. The lowest BCUT2D eigenvalue weighted by molar-refractivity contribution is -0.169. The van der Waals surface area contributed by atoms with Gasteiger partial charge in [-0.15, -0.1) is 0 Å². The molecule has 0 bridgehead atoms. The van der Waals surface area contributed by atoms with Gasteiger partial charge in [-0.05, 0) is 44.4 Å². The number of piperidine rings is 1. The molecule has 3 saturated heterocycles. The van der Waals surface area contributed by atoms with Crippen LogP contribution in [0.2, 0.25) is 0 Å². The largest absolute Gasteiger partial charge is 0.450 e. The van der Waals surface area contributed by atoms with Crippen molar-refractivity contribution in [2.24, 2.45) is 5.41 Å². The number of amides is 2. The summed E-state index contributed by atoms with van der Waals surface area (Å²) in [5.41, 5.74) is -2.23. The lowest BCUT2D eigenvalue weighted by Gasteiger charge is -2.54. The molecule has 2 spiro atoms. The molecule has 1 aliphatic carbocycles. The molecule has 1 N–H and O–H groups in total. The van der Waals surface area contributed by atoms with E-state index in [9.17, 15) is 14.7 Å². The van der Waals surface area contributed by atoms with Crippen molar-refractivity contribution in [3.05, 3.63) is 0 Å². The zero-order chi connectivity index (χ0) is 21.7. The number of aliphatic hydroxyl groups is 1. The highest BCUT2D eigenvalue weighted by Crippen LogP contribution is 2.51. The Labute approximate surface area is 181 Å². The van der Waals surface area contributed by atoms with Gasteiger partial charge in [0, 0.05) is 45.2 Å². The van der Waals surface area contributed by atoms with Crippen molar-refractivity contribution in [1.29, 1.82) is 0 Å². The van der Waals surface area contributed by atoms with Crippen molar-refractivity contribution in [3.8, 4) is 0 Å². The van der Waals surface area contributed by atoms with E-state index in [2.05, 4.69) is 4.90 Å². The average Bonchev–Trinajstić information content (AvgIpc) is 3.21. The predicted octanol–water partition coefficient (Wildman–Crippen LogP) is 0.242. The molecule has 0 aromatic heterocycles. The number of carbonyl (C=O) groups is 2. The van der Waals surface area contributed by atoms with Gasteiger partial charge in [0.25, 0.3) is 0 Å². The summed E-state index contributed by atoms with van der Waals surface area (Å²) in [5, 5.41) is 13.1. The molecule has 4 aliphatic rings. The van der Waals surface area contributed by atoms with E-state index >= 15 is 0 Å².